The van der Waals surface area contributed by atoms with E-state index >= 15 is 0 Å². The molecule has 0 atom stereocenters. The molecule has 0 aliphatic heterocycles. The zero-order valence-electron chi connectivity index (χ0n) is 13.5. The summed E-state index contributed by atoms with van der Waals surface area (Å²) < 4.78 is 7.53. The SMILES string of the molecule is CN=C(NCCCOCC1CC1)NCCn1cc(C)cn1.I. The van der Waals surface area contributed by atoms with Crippen molar-refractivity contribution in [1.82, 2.24) is 20.4 Å². The number of ether oxygens (including phenoxy) is 1. The van der Waals surface area contributed by atoms with Crippen LogP contribution in [0.1, 0.15) is 24.8 Å². The van der Waals surface area contributed by atoms with Gasteiger partial charge in [0, 0.05) is 39.5 Å². The molecule has 0 bridgehead atoms. The van der Waals surface area contributed by atoms with E-state index in [4.69, 9.17) is 4.74 Å². The van der Waals surface area contributed by atoms with E-state index in [1.807, 2.05) is 24.0 Å². The molecular formula is C15H28IN5O. The summed E-state index contributed by atoms with van der Waals surface area (Å²) >= 11 is 0. The highest BCUT2D eigenvalue weighted by molar-refractivity contribution is 14.0. The third-order valence-corrected chi connectivity index (χ3v) is 3.43. The van der Waals surface area contributed by atoms with E-state index in [-0.39, 0.29) is 24.0 Å². The predicted molar refractivity (Wildman–Crippen MR) is 99.9 cm³/mol. The van der Waals surface area contributed by atoms with Gasteiger partial charge in [0.2, 0.25) is 0 Å². The first-order valence-corrected chi connectivity index (χ1v) is 7.79. The molecule has 1 saturated carbocycles. The summed E-state index contributed by atoms with van der Waals surface area (Å²) in [5.41, 5.74) is 1.18. The van der Waals surface area contributed by atoms with Gasteiger partial charge >= 0.3 is 0 Å². The van der Waals surface area contributed by atoms with Gasteiger partial charge in [-0.1, -0.05) is 0 Å². The standard InChI is InChI=1S/C15H27N5O.HI/c1-13-10-19-20(11-13)8-7-18-15(16-2)17-6-3-9-21-12-14-4-5-14;/h10-11,14H,3-9,12H2,1-2H3,(H2,16,17,18);1H. The number of guanidine groups is 1. The van der Waals surface area contributed by atoms with Crippen molar-refractivity contribution in [2.45, 2.75) is 32.7 Å². The largest absolute Gasteiger partial charge is 0.381 e. The summed E-state index contributed by atoms with van der Waals surface area (Å²) in [5, 5.41) is 10.8. The maximum atomic E-state index is 5.60. The van der Waals surface area contributed by atoms with Crippen LogP contribution in [0.25, 0.3) is 0 Å². The monoisotopic (exact) mass is 421 g/mol. The van der Waals surface area contributed by atoms with Crippen LogP contribution in [0.5, 0.6) is 0 Å². The zero-order valence-corrected chi connectivity index (χ0v) is 15.9. The van der Waals surface area contributed by atoms with Crippen molar-refractivity contribution in [2.24, 2.45) is 10.9 Å². The number of nitrogens with zero attached hydrogens (tertiary/aromatic N) is 3. The van der Waals surface area contributed by atoms with E-state index in [0.29, 0.717) is 0 Å². The van der Waals surface area contributed by atoms with Gasteiger partial charge in [-0.05, 0) is 37.7 Å². The molecule has 6 nitrogen and oxygen atoms in total. The summed E-state index contributed by atoms with van der Waals surface area (Å²) in [5.74, 6) is 1.68. The first-order chi connectivity index (χ1) is 10.3. The average molecular weight is 421 g/mol. The molecule has 0 radical (unpaired) electrons. The van der Waals surface area contributed by atoms with Crippen molar-refractivity contribution in [1.29, 1.82) is 0 Å². The highest BCUT2D eigenvalue weighted by Gasteiger charge is 2.20. The maximum absolute atomic E-state index is 5.60. The van der Waals surface area contributed by atoms with E-state index in [9.17, 15) is 0 Å². The average Bonchev–Trinajstić information content (AvgIpc) is 3.22. The third kappa shape index (κ3) is 7.98. The quantitative estimate of drug-likeness (QED) is 0.276. The summed E-state index contributed by atoms with van der Waals surface area (Å²) in [6, 6.07) is 0. The summed E-state index contributed by atoms with van der Waals surface area (Å²) in [6.45, 7) is 6.33. The Hall–Kier alpha value is -0.830. The zero-order chi connectivity index (χ0) is 14.9. The van der Waals surface area contributed by atoms with Crippen molar-refractivity contribution in [3.05, 3.63) is 18.0 Å². The maximum Gasteiger partial charge on any atom is 0.191 e. The molecular weight excluding hydrogens is 393 g/mol. The van der Waals surface area contributed by atoms with E-state index < -0.39 is 0 Å². The first kappa shape index (κ1) is 19.2. The minimum Gasteiger partial charge on any atom is -0.381 e. The van der Waals surface area contributed by atoms with Crippen molar-refractivity contribution in [2.75, 3.05) is 33.4 Å². The highest BCUT2D eigenvalue weighted by atomic mass is 127. The lowest BCUT2D eigenvalue weighted by Gasteiger charge is -2.12. The van der Waals surface area contributed by atoms with Crippen LogP contribution >= 0.6 is 24.0 Å². The van der Waals surface area contributed by atoms with Crippen LogP contribution in [0.15, 0.2) is 17.4 Å². The van der Waals surface area contributed by atoms with Gasteiger partial charge in [-0.3, -0.25) is 9.67 Å². The minimum atomic E-state index is 0. The minimum absolute atomic E-state index is 0. The molecule has 22 heavy (non-hydrogen) atoms. The predicted octanol–water partition coefficient (Wildman–Crippen LogP) is 1.79. The molecule has 1 aromatic rings. The number of aryl methyl sites for hydroxylation is 1. The van der Waals surface area contributed by atoms with Crippen molar-refractivity contribution >= 4 is 29.9 Å². The molecule has 1 heterocycles. The Bertz CT molecular complexity index is 445. The Labute approximate surface area is 150 Å². The van der Waals surface area contributed by atoms with Gasteiger partial charge < -0.3 is 15.4 Å². The highest BCUT2D eigenvalue weighted by Crippen LogP contribution is 2.28. The summed E-state index contributed by atoms with van der Waals surface area (Å²) in [4.78, 5) is 4.20. The second-order valence-electron chi connectivity index (χ2n) is 5.58. The smallest absolute Gasteiger partial charge is 0.191 e. The number of nitrogens with one attached hydrogen (secondary N) is 2. The Morgan fingerprint density at radius 3 is 2.82 bits per heavy atom. The van der Waals surface area contributed by atoms with Crippen LogP contribution < -0.4 is 10.6 Å². The lowest BCUT2D eigenvalue weighted by molar-refractivity contribution is 0.123. The number of hydrogen-bond acceptors (Lipinski definition) is 3. The van der Waals surface area contributed by atoms with Crippen molar-refractivity contribution in [3.63, 3.8) is 0 Å². The second kappa shape index (κ2) is 10.8. The number of aliphatic imine (C=N–C) groups is 1. The molecule has 0 spiro atoms. The van der Waals surface area contributed by atoms with E-state index in [2.05, 4.69) is 20.7 Å². The molecule has 1 fully saturated rings. The number of halogens is 1. The molecule has 0 unspecified atom stereocenters. The van der Waals surface area contributed by atoms with Gasteiger partial charge in [0.05, 0.1) is 12.7 Å². The van der Waals surface area contributed by atoms with Crippen LogP contribution in [0, 0.1) is 12.8 Å². The number of aromatic nitrogens is 2. The van der Waals surface area contributed by atoms with Gasteiger partial charge in [0.1, 0.15) is 0 Å². The molecule has 1 aliphatic carbocycles. The molecule has 0 aromatic carbocycles. The van der Waals surface area contributed by atoms with E-state index in [1.165, 1.54) is 18.4 Å². The fourth-order valence-corrected chi connectivity index (χ4v) is 2.01. The van der Waals surface area contributed by atoms with Gasteiger partial charge in [-0.25, -0.2) is 0 Å². The fourth-order valence-electron chi connectivity index (χ4n) is 2.01. The Morgan fingerprint density at radius 1 is 1.41 bits per heavy atom. The molecule has 2 N–H and O–H groups in total. The first-order valence-electron chi connectivity index (χ1n) is 7.79. The third-order valence-electron chi connectivity index (χ3n) is 3.43. The Balaban J connectivity index is 0.00000242. The van der Waals surface area contributed by atoms with E-state index in [0.717, 1.165) is 51.1 Å². The lowest BCUT2D eigenvalue weighted by atomic mass is 10.4. The molecule has 7 heteroatoms. The van der Waals surface area contributed by atoms with Crippen LogP contribution in [-0.2, 0) is 11.3 Å². The molecule has 0 amide bonds. The van der Waals surface area contributed by atoms with E-state index in [1.54, 1.807) is 7.05 Å². The van der Waals surface area contributed by atoms with Gasteiger partial charge in [-0.2, -0.15) is 5.10 Å². The lowest BCUT2D eigenvalue weighted by Crippen LogP contribution is -2.39. The van der Waals surface area contributed by atoms with Gasteiger partial charge in [0.15, 0.2) is 5.96 Å². The van der Waals surface area contributed by atoms with Crippen molar-refractivity contribution < 1.29 is 4.74 Å². The fraction of sp³-hybridized carbons (Fsp3) is 0.733. The normalized spacial score (nSPS) is 14.5. The number of rotatable bonds is 9. The number of hydrogen-bond donors (Lipinski definition) is 2. The topological polar surface area (TPSA) is 63.5 Å². The molecule has 0 saturated heterocycles. The second-order valence-corrected chi connectivity index (χ2v) is 5.58. The van der Waals surface area contributed by atoms with Crippen LogP contribution in [0.3, 0.4) is 0 Å². The van der Waals surface area contributed by atoms with Crippen LogP contribution in [0.4, 0.5) is 0 Å². The Morgan fingerprint density at radius 2 is 2.18 bits per heavy atom. The van der Waals surface area contributed by atoms with Gasteiger partial charge in [0.25, 0.3) is 0 Å². The van der Waals surface area contributed by atoms with Crippen molar-refractivity contribution in [3.8, 4) is 0 Å². The van der Waals surface area contributed by atoms with Crippen LogP contribution in [0.2, 0.25) is 0 Å². The molecule has 2 rings (SSSR count). The van der Waals surface area contributed by atoms with Gasteiger partial charge in [-0.15, -0.1) is 24.0 Å². The summed E-state index contributed by atoms with van der Waals surface area (Å²) in [7, 11) is 1.79. The molecule has 126 valence electrons. The summed E-state index contributed by atoms with van der Waals surface area (Å²) in [6.07, 6.45) is 7.62. The Kier molecular flexibility index (Phi) is 9.45. The van der Waals surface area contributed by atoms with Crippen LogP contribution in [-0.4, -0.2) is 49.1 Å². The molecule has 1 aliphatic rings. The molecule has 1 aromatic heterocycles.